The second kappa shape index (κ2) is 5.55. The van der Waals surface area contributed by atoms with E-state index in [-0.39, 0.29) is 12.6 Å². The Morgan fingerprint density at radius 1 is 1.31 bits per heavy atom. The lowest BCUT2D eigenvalue weighted by molar-refractivity contribution is -0.133. The first kappa shape index (κ1) is 13.3. The second-order valence-corrected chi connectivity index (χ2v) is 3.97. The van der Waals surface area contributed by atoms with Crippen molar-refractivity contribution in [2.75, 3.05) is 6.54 Å². The van der Waals surface area contributed by atoms with Crippen LogP contribution in [0.3, 0.4) is 0 Å². The number of rotatable bonds is 4. The van der Waals surface area contributed by atoms with Gasteiger partial charge < -0.3 is 5.32 Å². The molecule has 0 spiro atoms. The Bertz CT molecular complexity index is 338. The maximum atomic E-state index is 11.9. The molecule has 16 heavy (non-hydrogen) atoms. The van der Waals surface area contributed by atoms with Crippen molar-refractivity contribution < 1.29 is 13.2 Å². The van der Waals surface area contributed by atoms with Gasteiger partial charge in [0.25, 0.3) is 0 Å². The molecular weight excluding hydrogens is 239 g/mol. The minimum atomic E-state index is -4.12. The minimum absolute atomic E-state index is 0.101. The van der Waals surface area contributed by atoms with Gasteiger partial charge in [-0.05, 0) is 18.6 Å². The molecule has 0 bridgehead atoms. The van der Waals surface area contributed by atoms with Crippen molar-refractivity contribution in [1.82, 2.24) is 5.32 Å². The molecule has 1 nitrogen and oxygen atoms in total. The van der Waals surface area contributed by atoms with Crippen molar-refractivity contribution in [1.29, 1.82) is 0 Å². The monoisotopic (exact) mass is 251 g/mol. The molecule has 0 aliphatic heterocycles. The van der Waals surface area contributed by atoms with Gasteiger partial charge in [0.05, 0.1) is 6.42 Å². The van der Waals surface area contributed by atoms with Crippen molar-refractivity contribution in [3.05, 3.63) is 34.9 Å². The van der Waals surface area contributed by atoms with Gasteiger partial charge in [-0.3, -0.25) is 0 Å². The summed E-state index contributed by atoms with van der Waals surface area (Å²) in [6, 6.07) is 6.93. The summed E-state index contributed by atoms with van der Waals surface area (Å²) in [6.07, 6.45) is -4.95. The Kier molecular flexibility index (Phi) is 4.62. The van der Waals surface area contributed by atoms with E-state index < -0.39 is 12.6 Å². The maximum Gasteiger partial charge on any atom is 0.390 e. The standard InChI is InChI=1S/C11H13ClF3N/c1-8(16-7-6-11(13,14)15)9-4-2-3-5-10(9)12/h2-5,8,16H,6-7H2,1H3/t8-/m1/s1. The molecule has 0 aromatic heterocycles. The van der Waals surface area contributed by atoms with E-state index in [2.05, 4.69) is 5.32 Å². The Morgan fingerprint density at radius 2 is 1.94 bits per heavy atom. The Morgan fingerprint density at radius 3 is 2.50 bits per heavy atom. The third kappa shape index (κ3) is 4.41. The van der Waals surface area contributed by atoms with E-state index in [1.165, 1.54) is 0 Å². The van der Waals surface area contributed by atoms with Gasteiger partial charge in [0, 0.05) is 17.6 Å². The second-order valence-electron chi connectivity index (χ2n) is 3.56. The van der Waals surface area contributed by atoms with E-state index in [0.717, 1.165) is 5.56 Å². The zero-order valence-electron chi connectivity index (χ0n) is 8.81. The van der Waals surface area contributed by atoms with Crippen LogP contribution in [0.25, 0.3) is 0 Å². The van der Waals surface area contributed by atoms with Crippen LogP contribution >= 0.6 is 11.6 Å². The minimum Gasteiger partial charge on any atom is -0.310 e. The highest BCUT2D eigenvalue weighted by atomic mass is 35.5. The highest BCUT2D eigenvalue weighted by Crippen LogP contribution is 2.23. The SMILES string of the molecule is C[C@@H](NCCC(F)(F)F)c1ccccc1Cl. The highest BCUT2D eigenvalue weighted by Gasteiger charge is 2.26. The van der Waals surface area contributed by atoms with E-state index in [9.17, 15) is 13.2 Å². The molecular formula is C11H13ClF3N. The summed E-state index contributed by atoms with van der Waals surface area (Å²) in [6.45, 7) is 1.69. The quantitative estimate of drug-likeness (QED) is 0.855. The van der Waals surface area contributed by atoms with Crippen LogP contribution in [-0.2, 0) is 0 Å². The molecule has 0 aliphatic carbocycles. The van der Waals surface area contributed by atoms with Crippen molar-refractivity contribution in [3.8, 4) is 0 Å². The lowest BCUT2D eigenvalue weighted by Crippen LogP contribution is -2.24. The largest absolute Gasteiger partial charge is 0.390 e. The molecule has 1 N–H and O–H groups in total. The van der Waals surface area contributed by atoms with Crippen LogP contribution in [0.5, 0.6) is 0 Å². The Balaban J connectivity index is 2.47. The number of alkyl halides is 3. The molecule has 0 amide bonds. The lowest BCUT2D eigenvalue weighted by atomic mass is 10.1. The smallest absolute Gasteiger partial charge is 0.310 e. The third-order valence-electron chi connectivity index (χ3n) is 2.23. The van der Waals surface area contributed by atoms with Crippen LogP contribution < -0.4 is 5.32 Å². The predicted octanol–water partition coefficient (Wildman–Crippen LogP) is 3.94. The summed E-state index contributed by atoms with van der Waals surface area (Å²) in [7, 11) is 0. The average Bonchev–Trinajstić information content (AvgIpc) is 2.16. The van der Waals surface area contributed by atoms with E-state index in [4.69, 9.17) is 11.6 Å². The third-order valence-corrected chi connectivity index (χ3v) is 2.57. The first-order chi connectivity index (χ1) is 7.40. The molecule has 0 aliphatic rings. The van der Waals surface area contributed by atoms with Crippen LogP contribution in [0, 0.1) is 0 Å². The van der Waals surface area contributed by atoms with Crippen LogP contribution in [0.15, 0.2) is 24.3 Å². The molecule has 90 valence electrons. The molecule has 1 atom stereocenters. The summed E-state index contributed by atoms with van der Waals surface area (Å²) in [5.41, 5.74) is 0.811. The van der Waals surface area contributed by atoms with E-state index >= 15 is 0 Å². The number of hydrogen-bond donors (Lipinski definition) is 1. The van der Waals surface area contributed by atoms with Gasteiger partial charge in [-0.25, -0.2) is 0 Å². The van der Waals surface area contributed by atoms with Crippen molar-refractivity contribution >= 4 is 11.6 Å². The Labute approximate surface area is 97.6 Å². The fraction of sp³-hybridized carbons (Fsp3) is 0.455. The zero-order chi connectivity index (χ0) is 12.2. The number of hydrogen-bond acceptors (Lipinski definition) is 1. The first-order valence-corrected chi connectivity index (χ1v) is 5.32. The number of benzene rings is 1. The summed E-state index contributed by atoms with van der Waals surface area (Å²) in [5.74, 6) is 0. The van der Waals surface area contributed by atoms with E-state index in [0.29, 0.717) is 5.02 Å². The number of halogens is 4. The fourth-order valence-corrected chi connectivity index (χ4v) is 1.67. The molecule has 0 fully saturated rings. The molecule has 1 rings (SSSR count). The van der Waals surface area contributed by atoms with Gasteiger partial charge in [0.15, 0.2) is 0 Å². The van der Waals surface area contributed by atoms with Crippen molar-refractivity contribution in [3.63, 3.8) is 0 Å². The van der Waals surface area contributed by atoms with Crippen molar-refractivity contribution in [2.45, 2.75) is 25.6 Å². The van der Waals surface area contributed by atoms with Gasteiger partial charge in [0.2, 0.25) is 0 Å². The maximum absolute atomic E-state index is 11.9. The number of nitrogens with one attached hydrogen (secondary N) is 1. The summed E-state index contributed by atoms with van der Waals surface area (Å²) < 4.78 is 35.8. The summed E-state index contributed by atoms with van der Waals surface area (Å²) >= 11 is 5.93. The molecule has 5 heteroatoms. The van der Waals surface area contributed by atoms with E-state index in [1.807, 2.05) is 6.07 Å². The normalized spacial score (nSPS) is 13.8. The lowest BCUT2D eigenvalue weighted by Gasteiger charge is -2.16. The molecule has 0 saturated heterocycles. The van der Waals surface area contributed by atoms with Gasteiger partial charge in [-0.2, -0.15) is 13.2 Å². The topological polar surface area (TPSA) is 12.0 Å². The van der Waals surface area contributed by atoms with Crippen LogP contribution in [0.1, 0.15) is 24.9 Å². The summed E-state index contributed by atoms with van der Waals surface area (Å²) in [5, 5.41) is 3.36. The van der Waals surface area contributed by atoms with Crippen LogP contribution in [0.2, 0.25) is 5.02 Å². The molecule has 0 heterocycles. The molecule has 0 unspecified atom stereocenters. The first-order valence-electron chi connectivity index (χ1n) is 4.95. The van der Waals surface area contributed by atoms with Crippen LogP contribution in [-0.4, -0.2) is 12.7 Å². The van der Waals surface area contributed by atoms with Gasteiger partial charge in [-0.15, -0.1) is 0 Å². The highest BCUT2D eigenvalue weighted by molar-refractivity contribution is 6.31. The molecule has 0 saturated carbocycles. The predicted molar refractivity (Wildman–Crippen MR) is 58.5 cm³/mol. The molecule has 1 aromatic rings. The Hall–Kier alpha value is -0.740. The fourth-order valence-electron chi connectivity index (χ4n) is 1.37. The van der Waals surface area contributed by atoms with Crippen molar-refractivity contribution in [2.24, 2.45) is 0 Å². The average molecular weight is 252 g/mol. The van der Waals surface area contributed by atoms with E-state index in [1.54, 1.807) is 25.1 Å². The van der Waals surface area contributed by atoms with Gasteiger partial charge >= 0.3 is 6.18 Å². The zero-order valence-corrected chi connectivity index (χ0v) is 9.57. The van der Waals surface area contributed by atoms with Gasteiger partial charge in [-0.1, -0.05) is 29.8 Å². The summed E-state index contributed by atoms with van der Waals surface area (Å²) in [4.78, 5) is 0. The molecule has 0 radical (unpaired) electrons. The van der Waals surface area contributed by atoms with Gasteiger partial charge in [0.1, 0.15) is 0 Å². The van der Waals surface area contributed by atoms with Crippen LogP contribution in [0.4, 0.5) is 13.2 Å². The molecule has 1 aromatic carbocycles.